The second kappa shape index (κ2) is 3.19. The normalized spacial score (nSPS) is 9.33. The predicted molar refractivity (Wildman–Crippen MR) is 48.4 cm³/mol. The number of phenols is 1. The lowest BCUT2D eigenvalue weighted by Crippen LogP contribution is -1.76. The van der Waals surface area contributed by atoms with Crippen molar-refractivity contribution in [3.8, 4) is 5.75 Å². The van der Waals surface area contributed by atoms with Crippen LogP contribution in [0.25, 0.3) is 10.9 Å². The molecule has 1 aromatic heterocycles. The monoisotopic (exact) mass is 162 g/mol. The topological polar surface area (TPSA) is 68.1 Å². The summed E-state index contributed by atoms with van der Waals surface area (Å²) in [6, 6.07) is 9.13. The summed E-state index contributed by atoms with van der Waals surface area (Å²) in [7, 11) is 0. The number of nitrogens with zero attached hydrogens (tertiary/aromatic N) is 1. The van der Waals surface area contributed by atoms with Crippen molar-refractivity contribution < 1.29 is 5.11 Å². The van der Waals surface area contributed by atoms with Crippen molar-refractivity contribution in [3.63, 3.8) is 0 Å². The predicted octanol–water partition coefficient (Wildman–Crippen LogP) is 2.10. The molecule has 0 aliphatic carbocycles. The summed E-state index contributed by atoms with van der Waals surface area (Å²) >= 11 is 0. The number of hydrogen-bond acceptors (Lipinski definition) is 3. The number of phenolic OH excluding ortho intramolecular Hbond substituents is 1. The zero-order valence-corrected chi connectivity index (χ0v) is 6.57. The van der Waals surface area contributed by atoms with Crippen LogP contribution >= 0.6 is 0 Å². The van der Waals surface area contributed by atoms with Gasteiger partial charge in [0.1, 0.15) is 11.3 Å². The fourth-order valence-electron chi connectivity index (χ4n) is 1.09. The second-order valence-corrected chi connectivity index (χ2v) is 2.35. The van der Waals surface area contributed by atoms with Crippen LogP contribution in [0.4, 0.5) is 0 Å². The Labute approximate surface area is 70.3 Å². The van der Waals surface area contributed by atoms with E-state index >= 15 is 0 Å². The van der Waals surface area contributed by atoms with Crippen LogP contribution in [0.15, 0.2) is 36.5 Å². The molecule has 3 heteroatoms. The van der Waals surface area contributed by atoms with Gasteiger partial charge in [-0.25, -0.2) is 0 Å². The molecule has 0 saturated carbocycles. The average molecular weight is 162 g/mol. The molecule has 3 nitrogen and oxygen atoms in total. The Morgan fingerprint density at radius 3 is 2.58 bits per heavy atom. The summed E-state index contributed by atoms with van der Waals surface area (Å²) in [5.74, 6) is 0.239. The fraction of sp³-hybridized carbons (Fsp3) is 0. The van der Waals surface area contributed by atoms with Gasteiger partial charge in [0.15, 0.2) is 0 Å². The minimum Gasteiger partial charge on any atom is -0.506 e. The van der Waals surface area contributed by atoms with E-state index in [1.807, 2.05) is 18.2 Å². The van der Waals surface area contributed by atoms with Crippen molar-refractivity contribution in [2.24, 2.45) is 0 Å². The lowest BCUT2D eigenvalue weighted by atomic mass is 10.2. The number of rotatable bonds is 0. The third-order valence-corrected chi connectivity index (χ3v) is 1.61. The van der Waals surface area contributed by atoms with Gasteiger partial charge in [0, 0.05) is 11.6 Å². The summed E-state index contributed by atoms with van der Waals surface area (Å²) in [6.45, 7) is 0. The molecule has 0 radical (unpaired) electrons. The van der Waals surface area contributed by atoms with Crippen molar-refractivity contribution >= 4 is 10.9 Å². The second-order valence-electron chi connectivity index (χ2n) is 2.35. The molecule has 4 N–H and O–H groups in total. The van der Waals surface area contributed by atoms with Crippen LogP contribution in [0.1, 0.15) is 0 Å². The Morgan fingerprint density at radius 2 is 1.83 bits per heavy atom. The highest BCUT2D eigenvalue weighted by Gasteiger charge is 1.96. The van der Waals surface area contributed by atoms with Crippen LogP contribution in [0, 0.1) is 0 Å². The number of pyridine rings is 1. The Morgan fingerprint density at radius 1 is 1.08 bits per heavy atom. The number of hydrogen-bond donors (Lipinski definition) is 2. The molecular weight excluding hydrogens is 152 g/mol. The first-order chi connectivity index (χ1) is 5.38. The Balaban J connectivity index is 0.000000720. The van der Waals surface area contributed by atoms with Crippen molar-refractivity contribution in [1.29, 1.82) is 0 Å². The molecule has 0 unspecified atom stereocenters. The van der Waals surface area contributed by atoms with E-state index in [4.69, 9.17) is 0 Å². The number of para-hydroxylation sites is 1. The third-order valence-electron chi connectivity index (χ3n) is 1.61. The molecule has 0 saturated heterocycles. The van der Waals surface area contributed by atoms with E-state index in [-0.39, 0.29) is 11.9 Å². The maximum atomic E-state index is 9.31. The van der Waals surface area contributed by atoms with Gasteiger partial charge < -0.3 is 11.3 Å². The van der Waals surface area contributed by atoms with Crippen LogP contribution < -0.4 is 6.15 Å². The van der Waals surface area contributed by atoms with E-state index in [0.717, 1.165) is 5.39 Å². The quantitative estimate of drug-likeness (QED) is 0.623. The minimum absolute atomic E-state index is 0. The molecule has 0 spiro atoms. The Bertz CT molecular complexity index is 382. The minimum atomic E-state index is 0. The van der Waals surface area contributed by atoms with Crippen LogP contribution in [0.2, 0.25) is 0 Å². The fourth-order valence-corrected chi connectivity index (χ4v) is 1.09. The molecule has 0 aliphatic rings. The van der Waals surface area contributed by atoms with Crippen molar-refractivity contribution in [2.75, 3.05) is 0 Å². The largest absolute Gasteiger partial charge is 0.506 e. The van der Waals surface area contributed by atoms with Gasteiger partial charge >= 0.3 is 0 Å². The molecule has 0 atom stereocenters. The zero-order valence-electron chi connectivity index (χ0n) is 6.57. The van der Waals surface area contributed by atoms with E-state index in [9.17, 15) is 5.11 Å². The number of aromatic nitrogens is 1. The van der Waals surface area contributed by atoms with E-state index in [1.54, 1.807) is 18.3 Å². The smallest absolute Gasteiger partial charge is 0.141 e. The van der Waals surface area contributed by atoms with E-state index < -0.39 is 0 Å². The summed E-state index contributed by atoms with van der Waals surface area (Å²) in [6.07, 6.45) is 1.67. The first kappa shape index (κ1) is 8.49. The molecule has 0 aliphatic heterocycles. The third kappa shape index (κ3) is 1.22. The average Bonchev–Trinajstić information content (AvgIpc) is 2.06. The summed E-state index contributed by atoms with van der Waals surface area (Å²) in [4.78, 5) is 4.03. The first-order valence-corrected chi connectivity index (χ1v) is 3.40. The molecule has 62 valence electrons. The molecule has 2 rings (SSSR count). The summed E-state index contributed by atoms with van der Waals surface area (Å²) < 4.78 is 0. The maximum absolute atomic E-state index is 9.31. The van der Waals surface area contributed by atoms with Gasteiger partial charge in [0.05, 0.1) is 0 Å². The molecule has 2 aromatic rings. The Kier molecular flexibility index (Phi) is 2.26. The molecule has 0 bridgehead atoms. The highest BCUT2D eigenvalue weighted by molar-refractivity contribution is 5.83. The molecule has 1 aromatic carbocycles. The molecule has 0 amide bonds. The zero-order chi connectivity index (χ0) is 7.68. The molecular formula is C9H10N2O. The van der Waals surface area contributed by atoms with Gasteiger partial charge in [0.2, 0.25) is 0 Å². The van der Waals surface area contributed by atoms with Gasteiger partial charge in [-0.3, -0.25) is 4.98 Å². The van der Waals surface area contributed by atoms with Crippen LogP contribution in [0.5, 0.6) is 5.75 Å². The van der Waals surface area contributed by atoms with E-state index in [2.05, 4.69) is 4.98 Å². The summed E-state index contributed by atoms with van der Waals surface area (Å²) in [5, 5.41) is 10.3. The van der Waals surface area contributed by atoms with Gasteiger partial charge in [-0.1, -0.05) is 18.2 Å². The number of benzene rings is 1. The van der Waals surface area contributed by atoms with Gasteiger partial charge in [0.25, 0.3) is 0 Å². The van der Waals surface area contributed by atoms with Crippen molar-refractivity contribution in [3.05, 3.63) is 36.5 Å². The number of aromatic hydroxyl groups is 1. The standard InChI is InChI=1S/C9H7NO.H3N/c11-8-5-1-3-7-4-2-6-10-9(7)8;/h1-6,11H;1H3. The lowest BCUT2D eigenvalue weighted by molar-refractivity contribution is 0.480. The SMILES string of the molecule is N.Oc1cccc2cccnc12. The van der Waals surface area contributed by atoms with Crippen LogP contribution in [-0.2, 0) is 0 Å². The van der Waals surface area contributed by atoms with Gasteiger partial charge in [-0.15, -0.1) is 0 Å². The highest BCUT2D eigenvalue weighted by Crippen LogP contribution is 2.20. The molecule has 0 fully saturated rings. The van der Waals surface area contributed by atoms with Gasteiger partial charge in [-0.05, 0) is 12.1 Å². The van der Waals surface area contributed by atoms with Crippen molar-refractivity contribution in [1.82, 2.24) is 11.1 Å². The molecule has 12 heavy (non-hydrogen) atoms. The van der Waals surface area contributed by atoms with Gasteiger partial charge in [-0.2, -0.15) is 0 Å². The number of fused-ring (bicyclic) bond motifs is 1. The molecule has 1 heterocycles. The van der Waals surface area contributed by atoms with E-state index in [0.29, 0.717) is 5.52 Å². The Hall–Kier alpha value is -1.61. The maximum Gasteiger partial charge on any atom is 0.141 e. The first-order valence-electron chi connectivity index (χ1n) is 3.40. The highest BCUT2D eigenvalue weighted by atomic mass is 16.3. The van der Waals surface area contributed by atoms with Crippen LogP contribution in [0.3, 0.4) is 0 Å². The van der Waals surface area contributed by atoms with Crippen LogP contribution in [-0.4, -0.2) is 10.1 Å². The van der Waals surface area contributed by atoms with Crippen molar-refractivity contribution in [2.45, 2.75) is 0 Å². The van der Waals surface area contributed by atoms with E-state index in [1.165, 1.54) is 0 Å². The summed E-state index contributed by atoms with van der Waals surface area (Å²) in [5.41, 5.74) is 0.662. The lowest BCUT2D eigenvalue weighted by Gasteiger charge is -1.96.